The quantitative estimate of drug-likeness (QED) is 0.466. The molecule has 1 spiro atoms. The molecule has 3 aliphatic rings. The van der Waals surface area contributed by atoms with Crippen molar-refractivity contribution in [1.82, 2.24) is 29.8 Å². The molecule has 0 aromatic carbocycles. The first kappa shape index (κ1) is 24.6. The number of nitrogens with zero attached hydrogens (tertiary/aromatic N) is 6. The lowest BCUT2D eigenvalue weighted by atomic mass is 9.72. The van der Waals surface area contributed by atoms with E-state index in [4.69, 9.17) is 14.2 Å². The van der Waals surface area contributed by atoms with Gasteiger partial charge in [-0.25, -0.2) is 19.9 Å². The highest BCUT2D eigenvalue weighted by Crippen LogP contribution is 2.43. The van der Waals surface area contributed by atoms with Crippen LogP contribution in [-0.2, 0) is 16.0 Å². The summed E-state index contributed by atoms with van der Waals surface area (Å²) in [7, 11) is 1.78. The Morgan fingerprint density at radius 1 is 1.11 bits per heavy atom. The minimum Gasteiger partial charge on any atom is -0.460 e. The fourth-order valence-corrected chi connectivity index (χ4v) is 6.24. The van der Waals surface area contributed by atoms with Gasteiger partial charge in [0.05, 0.1) is 29.9 Å². The van der Waals surface area contributed by atoms with E-state index in [0.29, 0.717) is 34.5 Å². The smallest absolute Gasteiger partial charge is 0.317 e. The second kappa shape index (κ2) is 10.6. The number of hydrogen-bond donors (Lipinski definition) is 1. The fraction of sp³-hybridized carbons (Fsp3) is 0.577. The Balaban J connectivity index is 1.04. The van der Waals surface area contributed by atoms with Gasteiger partial charge in [0.25, 0.3) is 0 Å². The Bertz CT molecular complexity index is 1190. The molecule has 1 N–H and O–H groups in total. The molecular weight excluding hydrogens is 490 g/mol. The first-order valence-corrected chi connectivity index (χ1v) is 13.8. The summed E-state index contributed by atoms with van der Waals surface area (Å²) in [4.78, 5) is 25.8. The molecule has 196 valence electrons. The zero-order valence-corrected chi connectivity index (χ0v) is 22.1. The van der Waals surface area contributed by atoms with Crippen LogP contribution in [0, 0.1) is 11.3 Å². The van der Waals surface area contributed by atoms with Gasteiger partial charge >= 0.3 is 6.01 Å². The summed E-state index contributed by atoms with van der Waals surface area (Å²) in [5.41, 5.74) is 2.27. The number of likely N-dealkylation sites (tertiary alicyclic amines) is 1. The maximum Gasteiger partial charge on any atom is 0.317 e. The highest BCUT2D eigenvalue weighted by atomic mass is 32.1. The van der Waals surface area contributed by atoms with Crippen molar-refractivity contribution in [2.45, 2.75) is 51.4 Å². The highest BCUT2D eigenvalue weighted by molar-refractivity contribution is 7.18. The minimum absolute atomic E-state index is 0.163. The highest BCUT2D eigenvalue weighted by Gasteiger charge is 2.42. The molecule has 10 nitrogen and oxygen atoms in total. The van der Waals surface area contributed by atoms with E-state index in [-0.39, 0.29) is 6.10 Å². The number of hydrogen-bond acceptors (Lipinski definition) is 11. The summed E-state index contributed by atoms with van der Waals surface area (Å²) in [6, 6.07) is 2.30. The van der Waals surface area contributed by atoms with Gasteiger partial charge < -0.3 is 19.5 Å². The average molecular weight is 524 g/mol. The number of methoxy groups -OCH3 is 1. The predicted molar refractivity (Wildman–Crippen MR) is 140 cm³/mol. The van der Waals surface area contributed by atoms with Crippen LogP contribution >= 0.6 is 11.3 Å². The summed E-state index contributed by atoms with van der Waals surface area (Å²) >= 11 is 1.50. The molecule has 3 fully saturated rings. The molecule has 0 unspecified atom stereocenters. The van der Waals surface area contributed by atoms with Crippen LogP contribution in [0.2, 0.25) is 0 Å². The second-order valence-corrected chi connectivity index (χ2v) is 11.6. The van der Waals surface area contributed by atoms with Crippen molar-refractivity contribution < 1.29 is 14.2 Å². The molecule has 3 aromatic rings. The zero-order chi connectivity index (χ0) is 25.2. The van der Waals surface area contributed by atoms with Gasteiger partial charge in [0.15, 0.2) is 5.13 Å². The zero-order valence-electron chi connectivity index (χ0n) is 21.3. The third-order valence-electron chi connectivity index (χ3n) is 7.73. The second-order valence-electron chi connectivity index (χ2n) is 10.5. The molecule has 11 heteroatoms. The van der Waals surface area contributed by atoms with Crippen molar-refractivity contribution in [1.29, 1.82) is 0 Å². The van der Waals surface area contributed by atoms with E-state index in [9.17, 15) is 0 Å². The van der Waals surface area contributed by atoms with Crippen LogP contribution < -0.4 is 10.1 Å². The molecule has 2 aliphatic heterocycles. The summed E-state index contributed by atoms with van der Waals surface area (Å²) in [6.07, 6.45) is 12.1. The van der Waals surface area contributed by atoms with Crippen LogP contribution in [0.25, 0.3) is 10.6 Å². The van der Waals surface area contributed by atoms with Gasteiger partial charge in [-0.1, -0.05) is 18.3 Å². The maximum absolute atomic E-state index is 6.13. The minimum atomic E-state index is 0.163. The van der Waals surface area contributed by atoms with Crippen LogP contribution in [0.15, 0.2) is 30.9 Å². The largest absolute Gasteiger partial charge is 0.460 e. The lowest BCUT2D eigenvalue weighted by Crippen LogP contribution is -2.46. The number of rotatable bonds is 8. The topological polar surface area (TPSA) is 107 Å². The van der Waals surface area contributed by atoms with Gasteiger partial charge in [0.2, 0.25) is 5.95 Å². The van der Waals surface area contributed by atoms with Crippen molar-refractivity contribution in [2.75, 3.05) is 38.7 Å². The number of thiazole rings is 1. The van der Waals surface area contributed by atoms with E-state index in [1.54, 1.807) is 19.5 Å². The lowest BCUT2D eigenvalue weighted by Gasteiger charge is -2.45. The van der Waals surface area contributed by atoms with Crippen molar-refractivity contribution in [3.05, 3.63) is 36.4 Å². The van der Waals surface area contributed by atoms with Crippen molar-refractivity contribution in [3.8, 4) is 16.6 Å². The first-order chi connectivity index (χ1) is 18.1. The van der Waals surface area contributed by atoms with Crippen LogP contribution in [0.3, 0.4) is 0 Å². The third kappa shape index (κ3) is 5.59. The monoisotopic (exact) mass is 523 g/mol. The number of aromatic nitrogens is 5. The number of ether oxygens (including phenoxy) is 3. The molecular formula is C26H33N7O3S. The van der Waals surface area contributed by atoms with E-state index in [2.05, 4.69) is 42.1 Å². The van der Waals surface area contributed by atoms with Crippen molar-refractivity contribution >= 4 is 22.4 Å². The van der Waals surface area contributed by atoms with Crippen LogP contribution in [0.4, 0.5) is 11.1 Å². The van der Waals surface area contributed by atoms with Crippen LogP contribution in [0.5, 0.6) is 6.01 Å². The van der Waals surface area contributed by atoms with Gasteiger partial charge in [-0.05, 0) is 37.7 Å². The molecule has 6 rings (SSSR count). The van der Waals surface area contributed by atoms with E-state index in [1.165, 1.54) is 11.3 Å². The SMILES string of the molecule is CO[C@@H]1CN(Cc2cnc(Nc3ncc(-c4ccnc(OC5CCC6(CC5)COC6)n4)s3)nc2)C[C@H]1C. The molecule has 0 radical (unpaired) electrons. The van der Waals surface area contributed by atoms with Gasteiger partial charge in [-0.2, -0.15) is 4.98 Å². The Labute approximate surface area is 220 Å². The Morgan fingerprint density at radius 2 is 1.92 bits per heavy atom. The molecule has 0 bridgehead atoms. The van der Waals surface area contributed by atoms with E-state index < -0.39 is 0 Å². The summed E-state index contributed by atoms with van der Waals surface area (Å²) in [5, 5.41) is 3.91. The first-order valence-electron chi connectivity index (χ1n) is 12.9. The molecule has 37 heavy (non-hydrogen) atoms. The fourth-order valence-electron chi connectivity index (χ4n) is 5.46. The standard InChI is InChI=1S/C26H33N7O3S/c1-17-12-33(14-21(17)34-2)13-18-9-28-23(29-10-18)32-25-30-11-22(37-25)20-5-8-27-24(31-20)36-19-3-6-26(7-4-19)15-35-16-26/h5,8-11,17,19,21H,3-4,6-7,12-16H2,1-2H3,(H,28,29,30,32)/t17-,21-/m1/s1. The number of anilines is 2. The van der Waals surface area contributed by atoms with Crippen molar-refractivity contribution in [3.63, 3.8) is 0 Å². The summed E-state index contributed by atoms with van der Waals surface area (Å²) in [5.74, 6) is 1.05. The van der Waals surface area contributed by atoms with Crippen molar-refractivity contribution in [2.24, 2.45) is 11.3 Å². The molecule has 0 amide bonds. The summed E-state index contributed by atoms with van der Waals surface area (Å²) in [6.45, 7) is 6.80. The normalized spacial score (nSPS) is 23.7. The van der Waals surface area contributed by atoms with Crippen LogP contribution in [0.1, 0.15) is 38.2 Å². The molecule has 2 saturated heterocycles. The Morgan fingerprint density at radius 3 is 2.62 bits per heavy atom. The molecule has 1 aliphatic carbocycles. The van der Waals surface area contributed by atoms with Gasteiger partial charge in [0, 0.05) is 62.5 Å². The molecule has 1 saturated carbocycles. The Hall–Kier alpha value is -2.73. The van der Waals surface area contributed by atoms with Gasteiger partial charge in [-0.3, -0.25) is 4.90 Å². The molecule has 5 heterocycles. The number of nitrogens with one attached hydrogen (secondary N) is 1. The van der Waals surface area contributed by atoms with E-state index in [0.717, 1.165) is 74.7 Å². The third-order valence-corrected chi connectivity index (χ3v) is 8.66. The van der Waals surface area contributed by atoms with E-state index in [1.807, 2.05) is 18.5 Å². The average Bonchev–Trinajstić information content (AvgIpc) is 3.51. The maximum atomic E-state index is 6.13. The Kier molecular flexibility index (Phi) is 7.02. The summed E-state index contributed by atoms with van der Waals surface area (Å²) < 4.78 is 17.1. The molecule has 2 atom stereocenters. The predicted octanol–water partition coefficient (Wildman–Crippen LogP) is 3.94. The van der Waals surface area contributed by atoms with Crippen LogP contribution in [-0.4, -0.2) is 75.4 Å². The lowest BCUT2D eigenvalue weighted by molar-refractivity contribution is -0.140. The van der Waals surface area contributed by atoms with Gasteiger partial charge in [-0.15, -0.1) is 0 Å². The molecule has 3 aromatic heterocycles. The van der Waals surface area contributed by atoms with E-state index >= 15 is 0 Å². The van der Waals surface area contributed by atoms with Gasteiger partial charge in [0.1, 0.15) is 6.10 Å².